The zero-order valence-electron chi connectivity index (χ0n) is 20.5. The number of halogens is 10. The van der Waals surface area contributed by atoms with Gasteiger partial charge in [0.2, 0.25) is 0 Å². The standard InChI is InChI=1S/C24H20Cl3F7N2O3/c1-22(2,3)39-21(38)36(4)35-20(37)13-6-5-11(7-15(13)24(32,33)34)18(28)10-14(23(29,30)31)12-8-16(25)19(27)17(26)9-12/h5-10,14H,1-4H3,(H,35,37). The molecule has 0 radical (unpaired) electrons. The topological polar surface area (TPSA) is 58.6 Å². The molecular formula is C24H20Cl3F7N2O3. The van der Waals surface area contributed by atoms with Crippen LogP contribution in [0.25, 0.3) is 5.83 Å². The molecule has 0 fully saturated rings. The van der Waals surface area contributed by atoms with Gasteiger partial charge >= 0.3 is 18.4 Å². The van der Waals surface area contributed by atoms with Gasteiger partial charge in [-0.3, -0.25) is 10.2 Å². The van der Waals surface area contributed by atoms with Crippen LogP contribution in [0.5, 0.6) is 0 Å². The summed E-state index contributed by atoms with van der Waals surface area (Å²) in [6.07, 6.45) is -11.4. The summed E-state index contributed by atoms with van der Waals surface area (Å²) in [4.78, 5) is 24.5. The molecule has 15 heteroatoms. The van der Waals surface area contributed by atoms with Crippen LogP contribution in [0, 0.1) is 0 Å². The van der Waals surface area contributed by atoms with Crippen molar-refractivity contribution in [1.29, 1.82) is 0 Å². The lowest BCUT2D eigenvalue weighted by molar-refractivity contribution is -0.140. The summed E-state index contributed by atoms with van der Waals surface area (Å²) in [5, 5.41) is -0.451. The van der Waals surface area contributed by atoms with Gasteiger partial charge in [0, 0.05) is 12.6 Å². The van der Waals surface area contributed by atoms with Crippen LogP contribution in [0.4, 0.5) is 35.5 Å². The third kappa shape index (κ3) is 8.64. The number of nitrogens with one attached hydrogen (secondary N) is 1. The minimum Gasteiger partial charge on any atom is -0.442 e. The molecule has 0 spiro atoms. The molecule has 1 unspecified atom stereocenters. The fraction of sp³-hybridized carbons (Fsp3) is 0.333. The second-order valence-electron chi connectivity index (χ2n) is 9.07. The lowest BCUT2D eigenvalue weighted by atomic mass is 9.95. The van der Waals surface area contributed by atoms with Crippen LogP contribution in [0.1, 0.15) is 53.7 Å². The first-order chi connectivity index (χ1) is 17.6. The maximum Gasteiger partial charge on any atom is 0.428 e. The minimum atomic E-state index is -5.23. The third-order valence-corrected chi connectivity index (χ3v) is 6.01. The first-order valence-electron chi connectivity index (χ1n) is 10.7. The second kappa shape index (κ2) is 11.8. The molecule has 0 aliphatic carbocycles. The Kier molecular flexibility index (Phi) is 9.85. The highest BCUT2D eigenvalue weighted by Gasteiger charge is 2.41. The number of rotatable bonds is 4. The van der Waals surface area contributed by atoms with E-state index in [2.05, 4.69) is 0 Å². The van der Waals surface area contributed by atoms with E-state index in [1.165, 1.54) is 20.8 Å². The number of hydrogen-bond acceptors (Lipinski definition) is 3. The van der Waals surface area contributed by atoms with Crippen LogP contribution in [0.3, 0.4) is 0 Å². The van der Waals surface area contributed by atoms with Crippen LogP contribution in [0.15, 0.2) is 36.4 Å². The molecule has 2 aromatic rings. The van der Waals surface area contributed by atoms with Gasteiger partial charge < -0.3 is 4.74 Å². The first kappa shape index (κ1) is 32.5. The Morgan fingerprint density at radius 2 is 1.51 bits per heavy atom. The Morgan fingerprint density at radius 1 is 0.974 bits per heavy atom. The third-order valence-electron chi connectivity index (χ3n) is 4.81. The van der Waals surface area contributed by atoms with Gasteiger partial charge in [0.25, 0.3) is 5.91 Å². The molecule has 1 N–H and O–H groups in total. The van der Waals surface area contributed by atoms with Crippen LogP contribution in [0.2, 0.25) is 15.1 Å². The monoisotopic (exact) mass is 622 g/mol. The van der Waals surface area contributed by atoms with Gasteiger partial charge in [0.05, 0.1) is 26.2 Å². The van der Waals surface area contributed by atoms with Crippen molar-refractivity contribution in [2.45, 2.75) is 44.6 Å². The van der Waals surface area contributed by atoms with Crippen molar-refractivity contribution in [1.82, 2.24) is 10.4 Å². The number of alkyl halides is 6. The molecule has 39 heavy (non-hydrogen) atoms. The van der Waals surface area contributed by atoms with Gasteiger partial charge in [-0.25, -0.2) is 14.2 Å². The van der Waals surface area contributed by atoms with E-state index in [-0.39, 0.29) is 27.2 Å². The maximum absolute atomic E-state index is 15.0. The maximum atomic E-state index is 15.0. The normalized spacial score (nSPS) is 13.6. The van der Waals surface area contributed by atoms with E-state index in [1.807, 2.05) is 5.43 Å². The Morgan fingerprint density at radius 3 is 1.97 bits per heavy atom. The van der Waals surface area contributed by atoms with Crippen molar-refractivity contribution in [3.63, 3.8) is 0 Å². The summed E-state index contributed by atoms with van der Waals surface area (Å²) >= 11 is 17.3. The predicted octanol–water partition coefficient (Wildman–Crippen LogP) is 8.83. The Balaban J connectivity index is 2.50. The summed E-state index contributed by atoms with van der Waals surface area (Å²) in [7, 11) is 1.02. The SMILES string of the molecule is CN(NC(=O)c1ccc(C(F)=CC(c2cc(Cl)c(Cl)c(Cl)c2)C(F)(F)F)cc1C(F)(F)F)C(=O)OC(C)(C)C. The first-order valence-corrected chi connectivity index (χ1v) is 11.8. The van der Waals surface area contributed by atoms with Crippen LogP contribution in [-0.2, 0) is 10.9 Å². The molecule has 0 saturated carbocycles. The molecule has 214 valence electrons. The van der Waals surface area contributed by atoms with Gasteiger partial charge in [-0.2, -0.15) is 26.3 Å². The van der Waals surface area contributed by atoms with Crippen LogP contribution >= 0.6 is 34.8 Å². The molecule has 0 bridgehead atoms. The largest absolute Gasteiger partial charge is 0.442 e. The van der Waals surface area contributed by atoms with E-state index in [9.17, 15) is 40.3 Å². The average molecular weight is 624 g/mol. The molecule has 0 aliphatic rings. The number of allylic oxidation sites excluding steroid dienone is 1. The van der Waals surface area contributed by atoms with Gasteiger partial charge in [-0.15, -0.1) is 0 Å². The number of amides is 2. The van der Waals surface area contributed by atoms with Crippen molar-refractivity contribution in [2.75, 3.05) is 7.05 Å². The van der Waals surface area contributed by atoms with E-state index in [1.54, 1.807) is 0 Å². The van der Waals surface area contributed by atoms with Crippen molar-refractivity contribution in [2.24, 2.45) is 0 Å². The van der Waals surface area contributed by atoms with Crippen LogP contribution < -0.4 is 5.43 Å². The number of benzene rings is 2. The van der Waals surface area contributed by atoms with Gasteiger partial charge in [-0.05, 0) is 56.7 Å². The quantitative estimate of drug-likeness (QED) is 0.210. The van der Waals surface area contributed by atoms with E-state index >= 15 is 0 Å². The Bertz CT molecular complexity index is 1270. The minimum absolute atomic E-state index is 0.0431. The number of carbonyl (C=O) groups excluding carboxylic acids is 2. The predicted molar refractivity (Wildman–Crippen MR) is 132 cm³/mol. The highest BCUT2D eigenvalue weighted by atomic mass is 35.5. The van der Waals surface area contributed by atoms with Gasteiger partial charge in [0.1, 0.15) is 17.3 Å². The highest BCUT2D eigenvalue weighted by Crippen LogP contribution is 2.42. The summed E-state index contributed by atoms with van der Waals surface area (Å²) in [6.45, 7) is 4.55. The number of ether oxygens (including phenoxy) is 1. The molecule has 0 heterocycles. The summed E-state index contributed by atoms with van der Waals surface area (Å²) < 4.78 is 103. The molecular weight excluding hydrogens is 604 g/mol. The number of nitrogens with zero attached hydrogens (tertiary/aromatic N) is 1. The molecule has 2 amide bonds. The Hall–Kier alpha value is -2.70. The lowest BCUT2D eigenvalue weighted by Gasteiger charge is -2.25. The molecule has 5 nitrogen and oxygen atoms in total. The van der Waals surface area contributed by atoms with Gasteiger partial charge in [-0.1, -0.05) is 40.9 Å². The molecule has 0 aliphatic heterocycles. The summed E-state index contributed by atoms with van der Waals surface area (Å²) in [5.41, 5.74) is -3.30. The average Bonchev–Trinajstić information content (AvgIpc) is 2.77. The van der Waals surface area contributed by atoms with Crippen LogP contribution in [-0.4, -0.2) is 35.8 Å². The van der Waals surface area contributed by atoms with E-state index in [0.717, 1.165) is 19.2 Å². The van der Waals surface area contributed by atoms with E-state index < -0.39 is 64.0 Å². The number of hydrazine groups is 1. The zero-order valence-corrected chi connectivity index (χ0v) is 22.8. The Labute approximate surface area is 233 Å². The molecule has 0 aromatic heterocycles. The van der Waals surface area contributed by atoms with Crippen molar-refractivity contribution in [3.05, 3.63) is 73.7 Å². The highest BCUT2D eigenvalue weighted by molar-refractivity contribution is 6.48. The summed E-state index contributed by atoms with van der Waals surface area (Å²) in [5.74, 6) is -5.75. The second-order valence-corrected chi connectivity index (χ2v) is 10.3. The van der Waals surface area contributed by atoms with Gasteiger partial charge in [0.15, 0.2) is 0 Å². The van der Waals surface area contributed by atoms with Crippen molar-refractivity contribution >= 4 is 52.6 Å². The summed E-state index contributed by atoms with van der Waals surface area (Å²) in [6, 6.07) is 3.01. The smallest absolute Gasteiger partial charge is 0.428 e. The molecule has 1 atom stereocenters. The fourth-order valence-electron chi connectivity index (χ4n) is 3.09. The van der Waals surface area contributed by atoms with Crippen molar-refractivity contribution < 1.29 is 45.1 Å². The molecule has 2 rings (SSSR count). The van der Waals surface area contributed by atoms with E-state index in [4.69, 9.17) is 39.5 Å². The zero-order chi connectivity index (χ0) is 30.1. The lowest BCUT2D eigenvalue weighted by Crippen LogP contribution is -2.46. The number of carbonyl (C=O) groups is 2. The fourth-order valence-corrected chi connectivity index (χ4v) is 3.70. The molecule has 0 saturated heterocycles. The molecule has 2 aromatic carbocycles. The van der Waals surface area contributed by atoms with E-state index in [0.29, 0.717) is 17.1 Å². The number of hydrogen-bond donors (Lipinski definition) is 1. The van der Waals surface area contributed by atoms with Crippen molar-refractivity contribution in [3.8, 4) is 0 Å².